The molecular weight excluding hydrogens is 352 g/mol. The molecule has 144 valence electrons. The summed E-state index contributed by atoms with van der Waals surface area (Å²) in [5, 5.41) is 3.01. The van der Waals surface area contributed by atoms with Gasteiger partial charge in [-0.1, -0.05) is 18.2 Å². The molecule has 0 spiro atoms. The largest absolute Gasteiger partial charge is 0.497 e. The SMILES string of the molecule is COc1ccc(C2=CCN(CCNC(=O)c3ccc4nc[nH]c4c3)CC2)cc1. The van der Waals surface area contributed by atoms with Gasteiger partial charge in [-0.25, -0.2) is 4.98 Å². The highest BCUT2D eigenvalue weighted by molar-refractivity contribution is 5.97. The summed E-state index contributed by atoms with van der Waals surface area (Å²) in [7, 11) is 1.68. The van der Waals surface area contributed by atoms with Crippen molar-refractivity contribution in [1.29, 1.82) is 0 Å². The highest BCUT2D eigenvalue weighted by Crippen LogP contribution is 2.24. The Morgan fingerprint density at radius 2 is 2.11 bits per heavy atom. The van der Waals surface area contributed by atoms with E-state index in [-0.39, 0.29) is 5.91 Å². The fourth-order valence-electron chi connectivity index (χ4n) is 3.49. The minimum Gasteiger partial charge on any atom is -0.497 e. The van der Waals surface area contributed by atoms with Gasteiger partial charge < -0.3 is 15.0 Å². The van der Waals surface area contributed by atoms with Crippen LogP contribution < -0.4 is 10.1 Å². The number of nitrogens with one attached hydrogen (secondary N) is 2. The Morgan fingerprint density at radius 1 is 1.25 bits per heavy atom. The van der Waals surface area contributed by atoms with Crippen molar-refractivity contribution in [3.05, 3.63) is 66.0 Å². The molecule has 0 atom stereocenters. The third-order valence-corrected chi connectivity index (χ3v) is 5.15. The molecule has 1 aliphatic rings. The minimum atomic E-state index is -0.0528. The number of nitrogens with zero attached hydrogens (tertiary/aromatic N) is 2. The Hall–Kier alpha value is -3.12. The highest BCUT2D eigenvalue weighted by Gasteiger charge is 2.13. The Kier molecular flexibility index (Phi) is 5.39. The quantitative estimate of drug-likeness (QED) is 0.694. The summed E-state index contributed by atoms with van der Waals surface area (Å²) < 4.78 is 5.22. The summed E-state index contributed by atoms with van der Waals surface area (Å²) in [4.78, 5) is 21.9. The maximum atomic E-state index is 12.4. The van der Waals surface area contributed by atoms with Gasteiger partial charge in [0, 0.05) is 31.7 Å². The van der Waals surface area contributed by atoms with Crippen molar-refractivity contribution in [3.8, 4) is 5.75 Å². The number of methoxy groups -OCH3 is 1. The van der Waals surface area contributed by atoms with Gasteiger partial charge in [0.15, 0.2) is 0 Å². The van der Waals surface area contributed by atoms with Crippen LogP contribution in [0.4, 0.5) is 0 Å². The van der Waals surface area contributed by atoms with E-state index in [1.54, 1.807) is 13.4 Å². The van der Waals surface area contributed by atoms with Crippen LogP contribution in [-0.2, 0) is 0 Å². The van der Waals surface area contributed by atoms with Crippen LogP contribution in [0.1, 0.15) is 22.3 Å². The molecule has 2 heterocycles. The molecule has 1 aromatic heterocycles. The van der Waals surface area contributed by atoms with E-state index in [1.807, 2.05) is 30.3 Å². The van der Waals surface area contributed by atoms with E-state index in [9.17, 15) is 4.79 Å². The van der Waals surface area contributed by atoms with Gasteiger partial charge >= 0.3 is 0 Å². The van der Waals surface area contributed by atoms with Crippen molar-refractivity contribution in [2.45, 2.75) is 6.42 Å². The van der Waals surface area contributed by atoms with Gasteiger partial charge in [-0.05, 0) is 47.9 Å². The molecule has 0 unspecified atom stereocenters. The van der Waals surface area contributed by atoms with Crippen LogP contribution >= 0.6 is 0 Å². The van der Waals surface area contributed by atoms with Crippen LogP contribution in [0.15, 0.2) is 54.9 Å². The molecule has 0 fully saturated rings. The topological polar surface area (TPSA) is 70.2 Å². The van der Waals surface area contributed by atoms with Crippen molar-refractivity contribution < 1.29 is 9.53 Å². The van der Waals surface area contributed by atoms with Crippen molar-refractivity contribution in [2.24, 2.45) is 0 Å². The van der Waals surface area contributed by atoms with Crippen molar-refractivity contribution in [3.63, 3.8) is 0 Å². The highest BCUT2D eigenvalue weighted by atomic mass is 16.5. The zero-order valence-corrected chi connectivity index (χ0v) is 15.9. The number of rotatable bonds is 6. The molecule has 1 amide bonds. The number of hydrogen-bond donors (Lipinski definition) is 2. The zero-order chi connectivity index (χ0) is 19.3. The molecule has 1 aliphatic heterocycles. The van der Waals surface area contributed by atoms with Crippen molar-refractivity contribution >= 4 is 22.5 Å². The average molecular weight is 376 g/mol. The van der Waals surface area contributed by atoms with Crippen molar-refractivity contribution in [2.75, 3.05) is 33.3 Å². The first kappa shape index (κ1) is 18.3. The number of benzene rings is 2. The molecule has 0 bridgehead atoms. The number of amides is 1. The molecule has 0 saturated carbocycles. The van der Waals surface area contributed by atoms with E-state index in [1.165, 1.54) is 11.1 Å². The fraction of sp³-hybridized carbons (Fsp3) is 0.273. The first-order valence-corrected chi connectivity index (χ1v) is 9.50. The van der Waals surface area contributed by atoms with Crippen LogP contribution in [0.3, 0.4) is 0 Å². The fourth-order valence-corrected chi connectivity index (χ4v) is 3.49. The predicted molar refractivity (Wildman–Crippen MR) is 110 cm³/mol. The molecule has 0 radical (unpaired) electrons. The number of carbonyl (C=O) groups excluding carboxylic acids is 1. The first-order chi connectivity index (χ1) is 13.7. The maximum Gasteiger partial charge on any atom is 0.251 e. The molecule has 6 nitrogen and oxygen atoms in total. The number of hydrogen-bond acceptors (Lipinski definition) is 4. The van der Waals surface area contributed by atoms with Crippen molar-refractivity contribution in [1.82, 2.24) is 20.2 Å². The second kappa shape index (κ2) is 8.27. The Morgan fingerprint density at radius 3 is 2.86 bits per heavy atom. The van der Waals surface area contributed by atoms with Crippen LogP contribution in [0.5, 0.6) is 5.75 Å². The predicted octanol–water partition coefficient (Wildman–Crippen LogP) is 3.09. The molecule has 4 rings (SSSR count). The monoisotopic (exact) mass is 376 g/mol. The van der Waals surface area contributed by atoms with Crippen LogP contribution in [0.2, 0.25) is 0 Å². The standard InChI is InChI=1S/C22H24N4O2/c1-28-19-5-2-16(3-6-19)17-8-11-26(12-9-17)13-10-23-22(27)18-4-7-20-21(14-18)25-15-24-20/h2-8,14-15H,9-13H2,1H3,(H,23,27)(H,24,25). The molecule has 2 aromatic carbocycles. The summed E-state index contributed by atoms with van der Waals surface area (Å²) in [6, 6.07) is 13.7. The molecule has 28 heavy (non-hydrogen) atoms. The lowest BCUT2D eigenvalue weighted by molar-refractivity contribution is 0.0949. The summed E-state index contributed by atoms with van der Waals surface area (Å²) in [6.07, 6.45) is 4.92. The number of fused-ring (bicyclic) bond motifs is 1. The van der Waals surface area contributed by atoms with Gasteiger partial charge in [0.25, 0.3) is 5.91 Å². The second-order valence-corrected chi connectivity index (χ2v) is 6.90. The summed E-state index contributed by atoms with van der Waals surface area (Å²) in [6.45, 7) is 3.36. The lowest BCUT2D eigenvalue weighted by Gasteiger charge is -2.26. The molecular formula is C22H24N4O2. The number of ether oxygens (including phenoxy) is 1. The lowest BCUT2D eigenvalue weighted by atomic mass is 9.99. The van der Waals surface area contributed by atoms with Gasteiger partial charge in [-0.2, -0.15) is 0 Å². The normalized spacial score (nSPS) is 14.7. The van der Waals surface area contributed by atoms with Gasteiger partial charge in [0.2, 0.25) is 0 Å². The molecule has 0 saturated heterocycles. The van der Waals surface area contributed by atoms with E-state index >= 15 is 0 Å². The third-order valence-electron chi connectivity index (χ3n) is 5.15. The minimum absolute atomic E-state index is 0.0528. The zero-order valence-electron chi connectivity index (χ0n) is 15.9. The smallest absolute Gasteiger partial charge is 0.251 e. The Balaban J connectivity index is 1.26. The van der Waals surface area contributed by atoms with Gasteiger partial charge in [-0.3, -0.25) is 9.69 Å². The van der Waals surface area contributed by atoms with E-state index in [0.29, 0.717) is 12.1 Å². The van der Waals surface area contributed by atoms with Crippen LogP contribution in [0.25, 0.3) is 16.6 Å². The first-order valence-electron chi connectivity index (χ1n) is 9.50. The molecule has 3 aromatic rings. The van der Waals surface area contributed by atoms with E-state index in [2.05, 4.69) is 38.4 Å². The van der Waals surface area contributed by atoms with E-state index in [4.69, 9.17) is 4.74 Å². The maximum absolute atomic E-state index is 12.4. The molecule has 0 aliphatic carbocycles. The number of carbonyl (C=O) groups is 1. The molecule has 2 N–H and O–H groups in total. The van der Waals surface area contributed by atoms with Gasteiger partial charge in [-0.15, -0.1) is 0 Å². The Bertz CT molecular complexity index is 991. The lowest BCUT2D eigenvalue weighted by Crippen LogP contribution is -2.37. The van der Waals surface area contributed by atoms with Gasteiger partial charge in [0.1, 0.15) is 5.75 Å². The number of H-pyrrole nitrogens is 1. The number of aromatic nitrogens is 2. The average Bonchev–Trinajstić information content (AvgIpc) is 3.22. The van der Waals surface area contributed by atoms with Crippen LogP contribution in [0, 0.1) is 0 Å². The third kappa shape index (κ3) is 4.07. The van der Waals surface area contributed by atoms with E-state index < -0.39 is 0 Å². The molecule has 6 heteroatoms. The number of imidazole rings is 1. The number of aromatic amines is 1. The Labute approximate surface area is 164 Å². The second-order valence-electron chi connectivity index (χ2n) is 6.90. The summed E-state index contributed by atoms with van der Waals surface area (Å²) in [5.74, 6) is 0.826. The summed E-state index contributed by atoms with van der Waals surface area (Å²) >= 11 is 0. The van der Waals surface area contributed by atoms with E-state index in [0.717, 1.165) is 42.8 Å². The summed E-state index contributed by atoms with van der Waals surface area (Å²) in [5.41, 5.74) is 5.01. The van der Waals surface area contributed by atoms with Crippen LogP contribution in [-0.4, -0.2) is 54.1 Å². The van der Waals surface area contributed by atoms with Gasteiger partial charge in [0.05, 0.1) is 24.5 Å².